The highest BCUT2D eigenvalue weighted by atomic mass is 16.3. The van der Waals surface area contributed by atoms with Crippen LogP contribution >= 0.6 is 0 Å². The fourth-order valence-corrected chi connectivity index (χ4v) is 5.76. The fourth-order valence-electron chi connectivity index (χ4n) is 5.76. The molecule has 0 aliphatic rings. The molecule has 0 saturated heterocycles. The van der Waals surface area contributed by atoms with Crippen LogP contribution in [0.15, 0.2) is 24.3 Å². The Labute approximate surface area is 273 Å². The quantitative estimate of drug-likeness (QED) is 0.0425. The molecule has 0 saturated carbocycles. The number of hydrogen-bond donors (Lipinski definition) is 4. The van der Waals surface area contributed by atoms with Gasteiger partial charge in [-0.25, -0.2) is 0 Å². The average molecular weight is 622 g/mol. The van der Waals surface area contributed by atoms with Crippen LogP contribution in [-0.4, -0.2) is 46.1 Å². The van der Waals surface area contributed by atoms with Crippen LogP contribution in [0.1, 0.15) is 194 Å². The average Bonchev–Trinajstić information content (AvgIpc) is 3.03. The SMILES string of the molecule is CCCCCC/C=C/CC/C=C/CCCC(O)C(O)C(CO)NC(=O)CCCCCCCCCCCCCCCCCCC. The third kappa shape index (κ3) is 29.5. The molecular weight excluding hydrogens is 546 g/mol. The maximum atomic E-state index is 12.4. The Kier molecular flexibility index (Phi) is 33.8. The molecule has 0 spiro atoms. The number of aliphatic hydroxyl groups is 3. The minimum Gasteiger partial charge on any atom is -0.394 e. The van der Waals surface area contributed by atoms with Crippen molar-refractivity contribution in [1.82, 2.24) is 5.32 Å². The second kappa shape index (κ2) is 34.7. The van der Waals surface area contributed by atoms with E-state index in [9.17, 15) is 20.1 Å². The van der Waals surface area contributed by atoms with E-state index in [1.165, 1.54) is 122 Å². The van der Waals surface area contributed by atoms with Gasteiger partial charge in [-0.1, -0.05) is 160 Å². The van der Waals surface area contributed by atoms with Crippen LogP contribution in [0.5, 0.6) is 0 Å². The van der Waals surface area contributed by atoms with Crippen molar-refractivity contribution in [3.63, 3.8) is 0 Å². The number of aliphatic hydroxyl groups excluding tert-OH is 3. The van der Waals surface area contributed by atoms with Crippen LogP contribution in [0, 0.1) is 0 Å². The zero-order valence-electron chi connectivity index (χ0n) is 29.3. The maximum Gasteiger partial charge on any atom is 0.220 e. The Morgan fingerprint density at radius 2 is 0.932 bits per heavy atom. The van der Waals surface area contributed by atoms with E-state index in [1.54, 1.807) is 0 Å². The highest BCUT2D eigenvalue weighted by Gasteiger charge is 2.26. The predicted molar refractivity (Wildman–Crippen MR) is 190 cm³/mol. The summed E-state index contributed by atoms with van der Waals surface area (Å²) in [6, 6.07) is -0.826. The standard InChI is InChI=1S/C39H75NO4/c1-3-5-7-9-11-13-15-17-18-19-20-22-24-26-28-30-32-34-38(43)40-36(35-41)39(44)37(42)33-31-29-27-25-23-21-16-14-12-10-8-6-4-2/h14,16,25,27,36-37,39,41-42,44H,3-13,15,17-24,26,28-35H2,1-2H3,(H,40,43)/b16-14+,27-25+. The van der Waals surface area contributed by atoms with Crippen LogP contribution in [-0.2, 0) is 4.79 Å². The lowest BCUT2D eigenvalue weighted by atomic mass is 10.0. The Bertz CT molecular complexity index is 650. The van der Waals surface area contributed by atoms with Gasteiger partial charge >= 0.3 is 0 Å². The maximum absolute atomic E-state index is 12.4. The van der Waals surface area contributed by atoms with E-state index >= 15 is 0 Å². The van der Waals surface area contributed by atoms with Gasteiger partial charge in [-0.3, -0.25) is 4.79 Å². The molecule has 5 nitrogen and oxygen atoms in total. The van der Waals surface area contributed by atoms with Crippen LogP contribution in [0.4, 0.5) is 0 Å². The third-order valence-electron chi connectivity index (χ3n) is 8.79. The van der Waals surface area contributed by atoms with Gasteiger partial charge in [0.1, 0.15) is 6.10 Å². The molecule has 0 aliphatic carbocycles. The van der Waals surface area contributed by atoms with Crippen LogP contribution in [0.2, 0.25) is 0 Å². The van der Waals surface area contributed by atoms with E-state index in [4.69, 9.17) is 0 Å². The van der Waals surface area contributed by atoms with Crippen molar-refractivity contribution >= 4 is 5.91 Å². The van der Waals surface area contributed by atoms with Crippen molar-refractivity contribution in [2.24, 2.45) is 0 Å². The lowest BCUT2D eigenvalue weighted by molar-refractivity contribution is -0.124. The zero-order valence-corrected chi connectivity index (χ0v) is 29.3. The molecule has 3 unspecified atom stereocenters. The number of amides is 1. The first kappa shape index (κ1) is 42.8. The van der Waals surface area contributed by atoms with Gasteiger partial charge in [0.25, 0.3) is 0 Å². The Balaban J connectivity index is 3.71. The molecule has 44 heavy (non-hydrogen) atoms. The molecule has 0 bridgehead atoms. The highest BCUT2D eigenvalue weighted by Crippen LogP contribution is 2.15. The summed E-state index contributed by atoms with van der Waals surface area (Å²) >= 11 is 0. The van der Waals surface area contributed by atoms with Crippen LogP contribution in [0.25, 0.3) is 0 Å². The molecule has 4 N–H and O–H groups in total. The summed E-state index contributed by atoms with van der Waals surface area (Å²) in [5, 5.41) is 33.3. The van der Waals surface area contributed by atoms with Gasteiger partial charge in [-0.2, -0.15) is 0 Å². The first-order chi connectivity index (χ1) is 21.6. The van der Waals surface area contributed by atoms with Gasteiger partial charge in [0.2, 0.25) is 5.91 Å². The smallest absolute Gasteiger partial charge is 0.220 e. The summed E-state index contributed by atoms with van der Waals surface area (Å²) < 4.78 is 0. The molecule has 0 aromatic heterocycles. The number of hydrogen-bond acceptors (Lipinski definition) is 4. The van der Waals surface area contributed by atoms with Gasteiger partial charge in [0.05, 0.1) is 18.8 Å². The number of unbranched alkanes of at least 4 members (excludes halogenated alkanes) is 22. The lowest BCUT2D eigenvalue weighted by Gasteiger charge is -2.26. The number of carbonyl (C=O) groups is 1. The van der Waals surface area contributed by atoms with Crippen LogP contribution < -0.4 is 5.32 Å². The monoisotopic (exact) mass is 622 g/mol. The molecule has 0 aromatic carbocycles. The van der Waals surface area contributed by atoms with Gasteiger partial charge in [-0.15, -0.1) is 0 Å². The first-order valence-electron chi connectivity index (χ1n) is 19.1. The second-order valence-corrected chi connectivity index (χ2v) is 13.1. The van der Waals surface area contributed by atoms with Gasteiger partial charge < -0.3 is 20.6 Å². The lowest BCUT2D eigenvalue weighted by Crippen LogP contribution is -2.50. The molecule has 5 heteroatoms. The van der Waals surface area contributed by atoms with E-state index in [-0.39, 0.29) is 12.5 Å². The van der Waals surface area contributed by atoms with Crippen molar-refractivity contribution in [2.75, 3.05) is 6.61 Å². The van der Waals surface area contributed by atoms with Crippen molar-refractivity contribution < 1.29 is 20.1 Å². The van der Waals surface area contributed by atoms with Crippen molar-refractivity contribution in [2.45, 2.75) is 212 Å². The molecule has 0 aromatic rings. The minimum absolute atomic E-state index is 0.158. The summed E-state index contributed by atoms with van der Waals surface area (Å²) in [6.45, 7) is 4.13. The zero-order chi connectivity index (χ0) is 32.4. The molecule has 0 fully saturated rings. The molecule has 3 atom stereocenters. The summed E-state index contributed by atoms with van der Waals surface area (Å²) in [5.74, 6) is -0.158. The Morgan fingerprint density at radius 1 is 0.545 bits per heavy atom. The van der Waals surface area contributed by atoms with E-state index in [0.717, 1.165) is 44.9 Å². The molecule has 0 aliphatic heterocycles. The first-order valence-corrected chi connectivity index (χ1v) is 19.1. The Morgan fingerprint density at radius 3 is 1.39 bits per heavy atom. The third-order valence-corrected chi connectivity index (χ3v) is 8.79. The van der Waals surface area contributed by atoms with E-state index in [1.807, 2.05) is 0 Å². The molecule has 0 rings (SSSR count). The number of allylic oxidation sites excluding steroid dienone is 4. The summed E-state index contributed by atoms with van der Waals surface area (Å²) in [5.41, 5.74) is 0. The van der Waals surface area contributed by atoms with E-state index in [2.05, 4.69) is 43.5 Å². The molecule has 0 radical (unpaired) electrons. The van der Waals surface area contributed by atoms with Crippen molar-refractivity contribution in [1.29, 1.82) is 0 Å². The van der Waals surface area contributed by atoms with Crippen molar-refractivity contribution in [3.05, 3.63) is 24.3 Å². The van der Waals surface area contributed by atoms with E-state index in [0.29, 0.717) is 12.8 Å². The molecule has 0 heterocycles. The highest BCUT2D eigenvalue weighted by molar-refractivity contribution is 5.76. The fraction of sp³-hybridized carbons (Fsp3) is 0.872. The normalized spacial score (nSPS) is 14.0. The number of carbonyl (C=O) groups excluding carboxylic acids is 1. The minimum atomic E-state index is -1.16. The summed E-state index contributed by atoms with van der Waals surface area (Å²) in [6.07, 6.45) is 39.9. The molecule has 1 amide bonds. The van der Waals surface area contributed by atoms with Gasteiger partial charge in [0, 0.05) is 6.42 Å². The molecule has 260 valence electrons. The van der Waals surface area contributed by atoms with Gasteiger partial charge in [0.15, 0.2) is 0 Å². The largest absolute Gasteiger partial charge is 0.394 e. The Hall–Kier alpha value is -1.17. The predicted octanol–water partition coefficient (Wildman–Crippen LogP) is 10.3. The van der Waals surface area contributed by atoms with Gasteiger partial charge in [-0.05, 0) is 51.4 Å². The summed E-state index contributed by atoms with van der Waals surface area (Å²) in [7, 11) is 0. The summed E-state index contributed by atoms with van der Waals surface area (Å²) in [4.78, 5) is 12.4. The molecular formula is C39H75NO4. The second-order valence-electron chi connectivity index (χ2n) is 13.1. The number of nitrogens with one attached hydrogen (secondary N) is 1. The van der Waals surface area contributed by atoms with Crippen LogP contribution in [0.3, 0.4) is 0 Å². The number of rotatable bonds is 34. The topological polar surface area (TPSA) is 89.8 Å². The van der Waals surface area contributed by atoms with Crippen molar-refractivity contribution in [3.8, 4) is 0 Å². The van der Waals surface area contributed by atoms with E-state index < -0.39 is 18.2 Å².